The van der Waals surface area contributed by atoms with E-state index in [0.717, 1.165) is 29.3 Å². The lowest BCUT2D eigenvalue weighted by molar-refractivity contribution is -0.128. The van der Waals surface area contributed by atoms with Gasteiger partial charge in [0.2, 0.25) is 0 Å². The largest absolute Gasteiger partial charge is 0.481 e. The Hall–Kier alpha value is -2.65. The highest BCUT2D eigenvalue weighted by atomic mass is 32.1. The van der Waals surface area contributed by atoms with Crippen molar-refractivity contribution in [3.63, 3.8) is 0 Å². The van der Waals surface area contributed by atoms with Gasteiger partial charge in [-0.3, -0.25) is 20.4 Å². The fraction of sp³-hybridized carbons (Fsp3) is 0.476. The number of carbonyl (C=O) groups is 2. The van der Waals surface area contributed by atoms with Crippen molar-refractivity contribution < 1.29 is 19.1 Å². The number of hydrogen-bond acceptors (Lipinski definition) is 7. The van der Waals surface area contributed by atoms with Crippen LogP contribution in [0.1, 0.15) is 48.3 Å². The Labute approximate surface area is 180 Å². The molecule has 0 bridgehead atoms. The molecule has 1 aromatic heterocycles. The molecule has 0 saturated carbocycles. The molecule has 3 rings (SSSR count). The Morgan fingerprint density at radius 1 is 1.20 bits per heavy atom. The molecule has 1 aliphatic rings. The summed E-state index contributed by atoms with van der Waals surface area (Å²) < 4.78 is 11.2. The van der Waals surface area contributed by atoms with E-state index in [1.807, 2.05) is 19.1 Å². The second-order valence-electron chi connectivity index (χ2n) is 7.50. The van der Waals surface area contributed by atoms with Crippen molar-refractivity contribution in [2.24, 2.45) is 0 Å². The van der Waals surface area contributed by atoms with Gasteiger partial charge in [-0.1, -0.05) is 26.0 Å². The molecule has 0 spiro atoms. The molecule has 30 heavy (non-hydrogen) atoms. The van der Waals surface area contributed by atoms with Gasteiger partial charge in [-0.2, -0.15) is 0 Å². The molecule has 1 aliphatic heterocycles. The van der Waals surface area contributed by atoms with Crippen molar-refractivity contribution in [3.05, 3.63) is 40.4 Å². The van der Waals surface area contributed by atoms with E-state index in [9.17, 15) is 9.59 Å². The minimum atomic E-state index is -0.772. The van der Waals surface area contributed by atoms with Crippen LogP contribution in [0.15, 0.2) is 23.6 Å². The summed E-state index contributed by atoms with van der Waals surface area (Å²) in [4.78, 5) is 31.1. The van der Waals surface area contributed by atoms with Gasteiger partial charge >= 0.3 is 0 Å². The van der Waals surface area contributed by atoms with Crippen molar-refractivity contribution in [2.75, 3.05) is 31.2 Å². The summed E-state index contributed by atoms with van der Waals surface area (Å²) in [5, 5.41) is 2.44. The lowest BCUT2D eigenvalue weighted by Crippen LogP contribution is -2.47. The summed E-state index contributed by atoms with van der Waals surface area (Å²) in [6, 6.07) is 5.98. The third-order valence-electron chi connectivity index (χ3n) is 4.86. The number of aryl methyl sites for hydroxylation is 1. The van der Waals surface area contributed by atoms with Crippen molar-refractivity contribution in [3.8, 4) is 5.75 Å². The number of thiazole rings is 1. The Morgan fingerprint density at radius 2 is 1.93 bits per heavy atom. The molecule has 2 amide bonds. The monoisotopic (exact) mass is 432 g/mol. The lowest BCUT2D eigenvalue weighted by atomic mass is 10.0. The number of hydrazine groups is 1. The van der Waals surface area contributed by atoms with Crippen molar-refractivity contribution >= 4 is 28.3 Å². The predicted octanol–water partition coefficient (Wildman–Crippen LogP) is 2.64. The van der Waals surface area contributed by atoms with E-state index in [1.54, 1.807) is 12.3 Å². The van der Waals surface area contributed by atoms with Crippen molar-refractivity contribution in [2.45, 2.75) is 39.7 Å². The summed E-state index contributed by atoms with van der Waals surface area (Å²) in [6.45, 7) is 10.6. The smallest absolute Gasteiger partial charge is 0.289 e. The van der Waals surface area contributed by atoms with E-state index >= 15 is 0 Å². The number of ether oxygens (including phenoxy) is 2. The van der Waals surface area contributed by atoms with Crippen LogP contribution in [0.2, 0.25) is 0 Å². The molecule has 1 aromatic carbocycles. The van der Waals surface area contributed by atoms with Crippen LogP contribution >= 0.6 is 11.3 Å². The van der Waals surface area contributed by atoms with Gasteiger partial charge in [-0.25, -0.2) is 4.98 Å². The number of benzene rings is 1. The van der Waals surface area contributed by atoms with Gasteiger partial charge in [0.05, 0.1) is 13.2 Å². The van der Waals surface area contributed by atoms with E-state index in [1.165, 1.54) is 11.3 Å². The van der Waals surface area contributed by atoms with Crippen LogP contribution in [0.4, 0.5) is 5.13 Å². The van der Waals surface area contributed by atoms with Crippen LogP contribution in [0.25, 0.3) is 0 Å². The number of carbonyl (C=O) groups excluding carboxylic acids is 2. The van der Waals surface area contributed by atoms with Crippen LogP contribution in [-0.2, 0) is 9.53 Å². The zero-order chi connectivity index (χ0) is 21.7. The highest BCUT2D eigenvalue weighted by Gasteiger charge is 2.20. The Kier molecular flexibility index (Phi) is 7.28. The van der Waals surface area contributed by atoms with Crippen molar-refractivity contribution in [1.29, 1.82) is 0 Å². The first-order valence-corrected chi connectivity index (χ1v) is 10.9. The normalized spacial score (nSPS) is 15.0. The van der Waals surface area contributed by atoms with Gasteiger partial charge in [0.25, 0.3) is 11.8 Å². The van der Waals surface area contributed by atoms with Crippen LogP contribution in [0, 0.1) is 6.92 Å². The lowest BCUT2D eigenvalue weighted by Gasteiger charge is -2.25. The first-order chi connectivity index (χ1) is 14.3. The topological polar surface area (TPSA) is 92.8 Å². The van der Waals surface area contributed by atoms with Gasteiger partial charge in [0, 0.05) is 18.5 Å². The predicted molar refractivity (Wildman–Crippen MR) is 116 cm³/mol. The molecule has 1 unspecified atom stereocenters. The molecule has 0 radical (unpaired) electrons. The standard InChI is InChI=1S/C21H28N4O4S/c1-13(2)16-6-5-14(3)18(11-16)29-15(4)19(26)23-24-20(27)17-12-30-21(22-17)25-7-9-28-10-8-25/h5-6,11-13,15H,7-10H2,1-4H3,(H,23,26)(H,24,27). The number of nitrogens with zero attached hydrogens (tertiary/aromatic N) is 2. The van der Waals surface area contributed by atoms with Gasteiger partial charge in [-0.05, 0) is 37.0 Å². The summed E-state index contributed by atoms with van der Waals surface area (Å²) in [5.41, 5.74) is 7.16. The van der Waals surface area contributed by atoms with E-state index in [4.69, 9.17) is 9.47 Å². The van der Waals surface area contributed by atoms with E-state index < -0.39 is 17.9 Å². The number of aromatic nitrogens is 1. The molecule has 1 fully saturated rings. The minimum Gasteiger partial charge on any atom is -0.481 e. The summed E-state index contributed by atoms with van der Waals surface area (Å²) in [6.07, 6.45) is -0.772. The minimum absolute atomic E-state index is 0.260. The summed E-state index contributed by atoms with van der Waals surface area (Å²) in [7, 11) is 0. The molecule has 2 heterocycles. The Balaban J connectivity index is 1.53. The highest BCUT2D eigenvalue weighted by Crippen LogP contribution is 2.25. The maximum Gasteiger partial charge on any atom is 0.289 e. The summed E-state index contributed by atoms with van der Waals surface area (Å²) >= 11 is 1.39. The number of hydrogen-bond donors (Lipinski definition) is 2. The first kappa shape index (κ1) is 22.0. The summed E-state index contributed by atoms with van der Waals surface area (Å²) in [5.74, 6) is 0.104. The molecule has 2 aromatic rings. The van der Waals surface area contributed by atoms with Gasteiger partial charge in [0.1, 0.15) is 11.4 Å². The Bertz CT molecular complexity index is 893. The van der Waals surface area contributed by atoms with Gasteiger partial charge < -0.3 is 14.4 Å². The number of rotatable bonds is 6. The average Bonchev–Trinajstić information content (AvgIpc) is 3.24. The van der Waals surface area contributed by atoms with Gasteiger partial charge in [0.15, 0.2) is 11.2 Å². The second-order valence-corrected chi connectivity index (χ2v) is 8.33. The van der Waals surface area contributed by atoms with Crippen molar-refractivity contribution in [1.82, 2.24) is 15.8 Å². The second kappa shape index (κ2) is 9.90. The van der Waals surface area contributed by atoms with Crippen LogP contribution in [0.3, 0.4) is 0 Å². The zero-order valence-corrected chi connectivity index (χ0v) is 18.5. The third kappa shape index (κ3) is 5.48. The van der Waals surface area contributed by atoms with Crippen LogP contribution < -0.4 is 20.5 Å². The maximum absolute atomic E-state index is 12.4. The zero-order valence-electron chi connectivity index (χ0n) is 17.7. The van der Waals surface area contributed by atoms with Crippen LogP contribution in [-0.4, -0.2) is 49.2 Å². The molecular formula is C21H28N4O4S. The molecule has 0 aliphatic carbocycles. The maximum atomic E-state index is 12.4. The van der Waals surface area contributed by atoms with E-state index in [-0.39, 0.29) is 5.69 Å². The number of morpholine rings is 1. The molecule has 162 valence electrons. The van der Waals surface area contributed by atoms with Crippen LogP contribution in [0.5, 0.6) is 5.75 Å². The number of amides is 2. The molecule has 2 N–H and O–H groups in total. The third-order valence-corrected chi connectivity index (χ3v) is 5.76. The van der Waals surface area contributed by atoms with E-state index in [2.05, 4.69) is 40.6 Å². The number of anilines is 1. The number of nitrogens with one attached hydrogen (secondary N) is 2. The first-order valence-electron chi connectivity index (χ1n) is 10.0. The SMILES string of the molecule is Cc1ccc(C(C)C)cc1OC(C)C(=O)NNC(=O)c1csc(N2CCOCC2)n1. The Morgan fingerprint density at radius 3 is 2.63 bits per heavy atom. The average molecular weight is 433 g/mol. The fourth-order valence-electron chi connectivity index (χ4n) is 2.90. The molecule has 1 saturated heterocycles. The highest BCUT2D eigenvalue weighted by molar-refractivity contribution is 7.13. The molecular weight excluding hydrogens is 404 g/mol. The van der Waals surface area contributed by atoms with E-state index in [0.29, 0.717) is 24.9 Å². The molecule has 8 nitrogen and oxygen atoms in total. The molecule has 1 atom stereocenters. The van der Waals surface area contributed by atoms with Gasteiger partial charge in [-0.15, -0.1) is 11.3 Å². The molecule has 9 heteroatoms. The quantitative estimate of drug-likeness (QED) is 0.682. The fourth-order valence-corrected chi connectivity index (χ4v) is 3.76.